The first-order valence-corrected chi connectivity index (χ1v) is 11.7. The van der Waals surface area contributed by atoms with Crippen LogP contribution in [0, 0.1) is 6.92 Å². The predicted octanol–water partition coefficient (Wildman–Crippen LogP) is 4.71. The lowest BCUT2D eigenvalue weighted by Crippen LogP contribution is -2.41. The van der Waals surface area contributed by atoms with E-state index >= 15 is 0 Å². The number of hydrogen-bond donors (Lipinski definition) is 1. The molecule has 2 aromatic carbocycles. The van der Waals surface area contributed by atoms with Gasteiger partial charge in [0.2, 0.25) is 0 Å². The Morgan fingerprint density at radius 2 is 1.91 bits per heavy atom. The van der Waals surface area contributed by atoms with Crippen molar-refractivity contribution in [3.05, 3.63) is 99.6 Å². The summed E-state index contributed by atoms with van der Waals surface area (Å²) in [6, 6.07) is 17.6. The minimum absolute atomic E-state index is 0.178. The summed E-state index contributed by atoms with van der Waals surface area (Å²) in [5, 5.41) is 1.17. The Morgan fingerprint density at radius 1 is 1.09 bits per heavy atom. The Balaban J connectivity index is 1.30. The van der Waals surface area contributed by atoms with Gasteiger partial charge in [-0.25, -0.2) is 0 Å². The molecule has 6 nitrogen and oxygen atoms in total. The molecule has 1 saturated heterocycles. The molecule has 0 atom stereocenters. The van der Waals surface area contributed by atoms with Gasteiger partial charge in [-0.15, -0.1) is 0 Å². The molecule has 0 bridgehead atoms. The zero-order valence-corrected chi connectivity index (χ0v) is 19.6. The van der Waals surface area contributed by atoms with Gasteiger partial charge in [0.25, 0.3) is 11.5 Å². The van der Waals surface area contributed by atoms with E-state index in [2.05, 4.69) is 23.3 Å². The number of aromatic nitrogens is 2. The number of carbonyl (C=O) groups excluding carboxylic acids is 1. The number of carbonyl (C=O) groups is 1. The number of nitrogens with zero attached hydrogens (tertiary/aromatic N) is 2. The van der Waals surface area contributed by atoms with Gasteiger partial charge < -0.3 is 19.2 Å². The van der Waals surface area contributed by atoms with Crippen molar-refractivity contribution in [1.82, 2.24) is 14.5 Å². The number of methoxy groups -OCH3 is 1. The number of hydrogen-bond acceptors (Lipinski definition) is 3. The molecule has 0 radical (unpaired) electrons. The maximum Gasteiger partial charge on any atom is 0.263 e. The van der Waals surface area contributed by atoms with Gasteiger partial charge in [0.1, 0.15) is 11.3 Å². The Morgan fingerprint density at radius 3 is 2.68 bits per heavy atom. The molecule has 0 unspecified atom stereocenters. The smallest absolute Gasteiger partial charge is 0.263 e. The van der Waals surface area contributed by atoms with Gasteiger partial charge in [0.05, 0.1) is 13.7 Å². The zero-order valence-electron chi connectivity index (χ0n) is 19.6. The minimum atomic E-state index is -0.236. The lowest BCUT2D eigenvalue weighted by atomic mass is 9.89. The van der Waals surface area contributed by atoms with Crippen molar-refractivity contribution >= 4 is 16.8 Å². The van der Waals surface area contributed by atoms with Crippen molar-refractivity contribution < 1.29 is 9.53 Å². The molecular formula is C28H29N3O3. The van der Waals surface area contributed by atoms with Crippen LogP contribution in [0.5, 0.6) is 5.75 Å². The van der Waals surface area contributed by atoms with Crippen molar-refractivity contribution in [2.24, 2.45) is 0 Å². The number of rotatable bonds is 5. The summed E-state index contributed by atoms with van der Waals surface area (Å²) in [7, 11) is 1.68. The van der Waals surface area contributed by atoms with Gasteiger partial charge in [-0.1, -0.05) is 29.8 Å². The van der Waals surface area contributed by atoms with Crippen LogP contribution in [-0.2, 0) is 6.54 Å². The normalized spacial score (nSPS) is 14.5. The average Bonchev–Trinajstić information content (AvgIpc) is 3.28. The number of amides is 1. The van der Waals surface area contributed by atoms with Gasteiger partial charge in [-0.3, -0.25) is 9.59 Å². The predicted molar refractivity (Wildman–Crippen MR) is 134 cm³/mol. The van der Waals surface area contributed by atoms with Crippen molar-refractivity contribution in [3.63, 3.8) is 0 Å². The number of fused-ring (bicyclic) bond motifs is 1. The topological polar surface area (TPSA) is 67.3 Å². The standard InChI is InChI=1S/C28H29N3O3/c1-19-5-3-6-20(15-19)18-31-12-4-7-23(28(31)33)27(32)30-13-10-21(11-14-30)25-17-29-26-9-8-22(34-2)16-24(25)26/h3-9,12,15-17,21,29H,10-11,13-14,18H2,1-2H3. The molecule has 2 aromatic heterocycles. The number of piperidine rings is 1. The fourth-order valence-electron chi connectivity index (χ4n) is 4.98. The Bertz CT molecular complexity index is 1390. The van der Waals surface area contributed by atoms with Crippen LogP contribution >= 0.6 is 0 Å². The third-order valence-corrected chi connectivity index (χ3v) is 6.83. The van der Waals surface area contributed by atoms with Gasteiger partial charge >= 0.3 is 0 Å². The lowest BCUT2D eigenvalue weighted by molar-refractivity contribution is 0.0711. The fraction of sp³-hybridized carbons (Fsp3) is 0.286. The van der Waals surface area contributed by atoms with Crippen LogP contribution in [0.25, 0.3) is 10.9 Å². The number of aryl methyl sites for hydroxylation is 1. The first kappa shape index (κ1) is 22.0. The fourth-order valence-corrected chi connectivity index (χ4v) is 4.98. The number of likely N-dealkylation sites (tertiary alicyclic amines) is 1. The highest BCUT2D eigenvalue weighted by molar-refractivity contribution is 5.94. The van der Waals surface area contributed by atoms with Gasteiger partial charge in [0, 0.05) is 36.4 Å². The molecule has 174 valence electrons. The van der Waals surface area contributed by atoms with E-state index in [-0.39, 0.29) is 17.0 Å². The molecule has 6 heteroatoms. The lowest BCUT2D eigenvalue weighted by Gasteiger charge is -2.32. The zero-order chi connectivity index (χ0) is 23.7. The quantitative estimate of drug-likeness (QED) is 0.474. The monoisotopic (exact) mass is 455 g/mol. The van der Waals surface area contributed by atoms with Crippen molar-refractivity contribution in [1.29, 1.82) is 0 Å². The molecule has 1 amide bonds. The largest absolute Gasteiger partial charge is 0.497 e. The summed E-state index contributed by atoms with van der Waals surface area (Å²) in [4.78, 5) is 31.5. The molecule has 5 rings (SSSR count). The molecule has 3 heterocycles. The summed E-state index contributed by atoms with van der Waals surface area (Å²) >= 11 is 0. The van der Waals surface area contributed by atoms with Gasteiger partial charge in [-0.05, 0) is 67.1 Å². The molecule has 1 aliphatic heterocycles. The second-order valence-corrected chi connectivity index (χ2v) is 9.07. The SMILES string of the molecule is COc1ccc2[nH]cc(C3CCN(C(=O)c4cccn(Cc5cccc(C)c5)c4=O)CC3)c2c1. The third kappa shape index (κ3) is 4.23. The molecular weight excluding hydrogens is 426 g/mol. The highest BCUT2D eigenvalue weighted by Gasteiger charge is 2.27. The van der Waals surface area contributed by atoms with Crippen LogP contribution < -0.4 is 10.3 Å². The molecule has 0 aliphatic carbocycles. The number of aromatic amines is 1. The minimum Gasteiger partial charge on any atom is -0.497 e. The second kappa shape index (κ2) is 9.21. The van der Waals surface area contributed by atoms with E-state index in [0.717, 1.165) is 35.2 Å². The third-order valence-electron chi connectivity index (χ3n) is 6.83. The van der Waals surface area contributed by atoms with Crippen molar-refractivity contribution in [2.75, 3.05) is 20.2 Å². The molecule has 1 N–H and O–H groups in total. The van der Waals surface area contributed by atoms with E-state index < -0.39 is 0 Å². The van der Waals surface area contributed by atoms with Crippen LogP contribution in [0.2, 0.25) is 0 Å². The molecule has 1 fully saturated rings. The maximum atomic E-state index is 13.3. The summed E-state index contributed by atoms with van der Waals surface area (Å²) in [6.45, 7) is 3.75. The van der Waals surface area contributed by atoms with Crippen LogP contribution in [0.15, 0.2) is 71.8 Å². The first-order valence-electron chi connectivity index (χ1n) is 11.7. The van der Waals surface area contributed by atoms with Gasteiger partial charge in [0.15, 0.2) is 0 Å². The number of H-pyrrole nitrogens is 1. The second-order valence-electron chi connectivity index (χ2n) is 9.07. The summed E-state index contributed by atoms with van der Waals surface area (Å²) in [6.07, 6.45) is 5.55. The van der Waals surface area contributed by atoms with E-state index in [1.54, 1.807) is 30.0 Å². The van der Waals surface area contributed by atoms with Crippen molar-refractivity contribution in [2.45, 2.75) is 32.2 Å². The average molecular weight is 456 g/mol. The maximum absolute atomic E-state index is 13.3. The number of nitrogens with one attached hydrogen (secondary N) is 1. The van der Waals surface area contributed by atoms with Crippen LogP contribution in [0.1, 0.15) is 45.8 Å². The number of ether oxygens (including phenoxy) is 1. The highest BCUT2D eigenvalue weighted by atomic mass is 16.5. The molecule has 0 saturated carbocycles. The van der Waals surface area contributed by atoms with E-state index in [0.29, 0.717) is 25.6 Å². The Hall–Kier alpha value is -3.80. The number of pyridine rings is 1. The number of benzene rings is 2. The van der Waals surface area contributed by atoms with E-state index in [1.165, 1.54) is 10.9 Å². The van der Waals surface area contributed by atoms with E-state index in [1.807, 2.05) is 42.2 Å². The van der Waals surface area contributed by atoms with E-state index in [9.17, 15) is 9.59 Å². The molecule has 34 heavy (non-hydrogen) atoms. The highest BCUT2D eigenvalue weighted by Crippen LogP contribution is 2.34. The van der Waals surface area contributed by atoms with Gasteiger partial charge in [-0.2, -0.15) is 0 Å². The molecule has 4 aromatic rings. The van der Waals surface area contributed by atoms with Crippen LogP contribution in [0.4, 0.5) is 0 Å². The molecule has 0 spiro atoms. The van der Waals surface area contributed by atoms with Crippen LogP contribution in [-0.4, -0.2) is 40.6 Å². The first-order chi connectivity index (χ1) is 16.5. The summed E-state index contributed by atoms with van der Waals surface area (Å²) in [5.74, 6) is 1.02. The Kier molecular flexibility index (Phi) is 5.97. The Labute approximate surface area is 198 Å². The summed E-state index contributed by atoms with van der Waals surface area (Å²) in [5.41, 5.74) is 4.55. The van der Waals surface area contributed by atoms with E-state index in [4.69, 9.17) is 4.74 Å². The van der Waals surface area contributed by atoms with Crippen molar-refractivity contribution in [3.8, 4) is 5.75 Å². The molecule has 1 aliphatic rings. The summed E-state index contributed by atoms with van der Waals surface area (Å²) < 4.78 is 7.02. The van der Waals surface area contributed by atoms with Crippen LogP contribution in [0.3, 0.4) is 0 Å².